The van der Waals surface area contributed by atoms with Crippen molar-refractivity contribution in [2.24, 2.45) is 5.92 Å². The molecule has 0 fully saturated rings. The van der Waals surface area contributed by atoms with Gasteiger partial charge in [0, 0.05) is 25.8 Å². The van der Waals surface area contributed by atoms with E-state index in [1.54, 1.807) is 6.07 Å². The Morgan fingerprint density at radius 2 is 2.05 bits per heavy atom. The summed E-state index contributed by atoms with van der Waals surface area (Å²) in [5.74, 6) is 0.635. The molecule has 1 amide bonds. The molecule has 1 atom stereocenters. The van der Waals surface area contributed by atoms with Crippen molar-refractivity contribution < 1.29 is 4.79 Å². The Labute approximate surface area is 116 Å². The van der Waals surface area contributed by atoms with Gasteiger partial charge >= 0.3 is 0 Å². The Bertz CT molecular complexity index is 423. The van der Waals surface area contributed by atoms with E-state index in [2.05, 4.69) is 27.7 Å². The van der Waals surface area contributed by atoms with Crippen molar-refractivity contribution in [2.45, 2.75) is 53.1 Å². The molecule has 0 saturated carbocycles. The molecule has 0 aromatic carbocycles. The van der Waals surface area contributed by atoms with E-state index < -0.39 is 0 Å². The van der Waals surface area contributed by atoms with Crippen LogP contribution < -0.4 is 5.73 Å². The highest BCUT2D eigenvalue weighted by Crippen LogP contribution is 2.17. The van der Waals surface area contributed by atoms with Crippen LogP contribution in [0.3, 0.4) is 0 Å². The Balaban J connectivity index is 2.87. The molecule has 19 heavy (non-hydrogen) atoms. The zero-order chi connectivity index (χ0) is 14.6. The van der Waals surface area contributed by atoms with Crippen molar-refractivity contribution in [1.82, 2.24) is 9.47 Å². The summed E-state index contributed by atoms with van der Waals surface area (Å²) in [6.07, 6.45) is 3.84. The highest BCUT2D eigenvalue weighted by molar-refractivity contribution is 5.93. The van der Waals surface area contributed by atoms with E-state index in [1.165, 1.54) is 0 Å². The van der Waals surface area contributed by atoms with Crippen molar-refractivity contribution in [3.63, 3.8) is 0 Å². The standard InChI is InChI=1S/C15H27N3O/c1-6-7-18-10-13(16)9-14(18)15(19)17(5)12(4)8-11(2)3/h9-12H,6-8,16H2,1-5H3. The van der Waals surface area contributed by atoms with Gasteiger partial charge in [-0.25, -0.2) is 0 Å². The van der Waals surface area contributed by atoms with Gasteiger partial charge in [0.1, 0.15) is 5.69 Å². The van der Waals surface area contributed by atoms with Gasteiger partial charge in [-0.3, -0.25) is 4.79 Å². The molecule has 0 saturated heterocycles. The second-order valence-corrected chi connectivity index (χ2v) is 5.75. The summed E-state index contributed by atoms with van der Waals surface area (Å²) < 4.78 is 1.95. The average Bonchev–Trinajstić information content (AvgIpc) is 2.68. The summed E-state index contributed by atoms with van der Waals surface area (Å²) in [6.45, 7) is 9.35. The van der Waals surface area contributed by atoms with Crippen molar-refractivity contribution in [2.75, 3.05) is 12.8 Å². The monoisotopic (exact) mass is 265 g/mol. The molecular formula is C15H27N3O. The van der Waals surface area contributed by atoms with Gasteiger partial charge in [0.2, 0.25) is 0 Å². The van der Waals surface area contributed by atoms with Crippen molar-refractivity contribution >= 4 is 11.6 Å². The number of hydrogen-bond acceptors (Lipinski definition) is 2. The predicted molar refractivity (Wildman–Crippen MR) is 80.1 cm³/mol. The summed E-state index contributed by atoms with van der Waals surface area (Å²) in [6, 6.07) is 2.01. The number of aromatic nitrogens is 1. The van der Waals surface area contributed by atoms with Crippen LogP contribution >= 0.6 is 0 Å². The van der Waals surface area contributed by atoms with Crippen LogP contribution in [0.1, 0.15) is 51.0 Å². The van der Waals surface area contributed by atoms with Gasteiger partial charge in [0.05, 0.1) is 5.69 Å². The van der Waals surface area contributed by atoms with Crippen LogP contribution in [0.25, 0.3) is 0 Å². The van der Waals surface area contributed by atoms with Gasteiger partial charge in [0.25, 0.3) is 5.91 Å². The number of aryl methyl sites for hydroxylation is 1. The Morgan fingerprint density at radius 3 is 2.58 bits per heavy atom. The third-order valence-electron chi connectivity index (χ3n) is 3.40. The molecule has 0 bridgehead atoms. The molecule has 0 aliphatic rings. The van der Waals surface area contributed by atoms with Gasteiger partial charge < -0.3 is 15.2 Å². The highest BCUT2D eigenvalue weighted by Gasteiger charge is 2.21. The lowest BCUT2D eigenvalue weighted by atomic mass is 10.0. The summed E-state index contributed by atoms with van der Waals surface area (Å²) in [5, 5.41) is 0. The number of carbonyl (C=O) groups excluding carboxylic acids is 1. The topological polar surface area (TPSA) is 51.3 Å². The maximum atomic E-state index is 12.5. The fraction of sp³-hybridized carbons (Fsp3) is 0.667. The van der Waals surface area contributed by atoms with Crippen LogP contribution in [0, 0.1) is 5.92 Å². The lowest BCUT2D eigenvalue weighted by molar-refractivity contribution is 0.0717. The van der Waals surface area contributed by atoms with Crippen LogP contribution in [0.5, 0.6) is 0 Å². The minimum atomic E-state index is 0.0540. The summed E-state index contributed by atoms with van der Waals surface area (Å²) in [7, 11) is 1.87. The van der Waals surface area contributed by atoms with Gasteiger partial charge in [0.15, 0.2) is 0 Å². The number of amides is 1. The smallest absolute Gasteiger partial charge is 0.270 e. The number of nitrogens with two attached hydrogens (primary N) is 1. The molecule has 1 rings (SSSR count). The van der Waals surface area contributed by atoms with E-state index in [9.17, 15) is 4.79 Å². The van der Waals surface area contributed by atoms with Crippen molar-refractivity contribution in [3.05, 3.63) is 18.0 Å². The molecule has 0 spiro atoms. The first kappa shape index (κ1) is 15.6. The number of hydrogen-bond donors (Lipinski definition) is 1. The maximum Gasteiger partial charge on any atom is 0.270 e. The molecule has 0 radical (unpaired) electrons. The fourth-order valence-corrected chi connectivity index (χ4v) is 2.36. The first-order valence-electron chi connectivity index (χ1n) is 7.09. The Kier molecular flexibility index (Phi) is 5.45. The Hall–Kier alpha value is -1.45. The molecule has 108 valence electrons. The second-order valence-electron chi connectivity index (χ2n) is 5.75. The maximum absolute atomic E-state index is 12.5. The number of nitrogens with zero attached hydrogens (tertiary/aromatic N) is 2. The van der Waals surface area contributed by atoms with E-state index in [0.29, 0.717) is 17.3 Å². The van der Waals surface area contributed by atoms with Gasteiger partial charge in [-0.1, -0.05) is 20.8 Å². The molecule has 4 heteroatoms. The minimum Gasteiger partial charge on any atom is -0.397 e. The van der Waals surface area contributed by atoms with E-state index in [0.717, 1.165) is 19.4 Å². The average molecular weight is 265 g/mol. The summed E-state index contributed by atoms with van der Waals surface area (Å²) in [5.41, 5.74) is 7.16. The van der Waals surface area contributed by atoms with E-state index in [-0.39, 0.29) is 11.9 Å². The van der Waals surface area contributed by atoms with E-state index >= 15 is 0 Å². The summed E-state index contributed by atoms with van der Waals surface area (Å²) >= 11 is 0. The number of carbonyl (C=O) groups is 1. The normalized spacial score (nSPS) is 12.7. The quantitative estimate of drug-likeness (QED) is 0.859. The number of nitrogen functional groups attached to an aromatic ring is 1. The van der Waals surface area contributed by atoms with Crippen molar-refractivity contribution in [1.29, 1.82) is 0 Å². The molecule has 1 aromatic heterocycles. The highest BCUT2D eigenvalue weighted by atomic mass is 16.2. The zero-order valence-corrected chi connectivity index (χ0v) is 12.8. The molecule has 4 nitrogen and oxygen atoms in total. The molecule has 2 N–H and O–H groups in total. The molecule has 0 aliphatic carbocycles. The number of anilines is 1. The molecule has 1 heterocycles. The van der Waals surface area contributed by atoms with E-state index in [4.69, 9.17) is 5.73 Å². The van der Waals surface area contributed by atoms with Crippen LogP contribution in [0.15, 0.2) is 12.3 Å². The lowest BCUT2D eigenvalue weighted by Crippen LogP contribution is -2.37. The van der Waals surface area contributed by atoms with Gasteiger partial charge in [-0.2, -0.15) is 0 Å². The number of rotatable bonds is 6. The zero-order valence-electron chi connectivity index (χ0n) is 12.8. The van der Waals surface area contributed by atoms with E-state index in [1.807, 2.05) is 22.7 Å². The lowest BCUT2D eigenvalue weighted by Gasteiger charge is -2.26. The van der Waals surface area contributed by atoms with Crippen LogP contribution in [-0.2, 0) is 6.54 Å². The molecule has 1 unspecified atom stereocenters. The van der Waals surface area contributed by atoms with Gasteiger partial charge in [-0.15, -0.1) is 0 Å². The Morgan fingerprint density at radius 1 is 1.42 bits per heavy atom. The first-order valence-corrected chi connectivity index (χ1v) is 7.09. The second kappa shape index (κ2) is 6.64. The van der Waals surface area contributed by atoms with Crippen LogP contribution in [-0.4, -0.2) is 28.5 Å². The molecule has 1 aromatic rings. The SMILES string of the molecule is CCCn1cc(N)cc1C(=O)N(C)C(C)CC(C)C. The molecular weight excluding hydrogens is 238 g/mol. The predicted octanol–water partition coefficient (Wildman–Crippen LogP) is 2.99. The summed E-state index contributed by atoms with van der Waals surface area (Å²) in [4.78, 5) is 14.3. The first-order chi connectivity index (χ1) is 8.86. The minimum absolute atomic E-state index is 0.0540. The third kappa shape index (κ3) is 4.01. The fourth-order valence-electron chi connectivity index (χ4n) is 2.36. The van der Waals surface area contributed by atoms with Gasteiger partial charge in [-0.05, 0) is 31.7 Å². The third-order valence-corrected chi connectivity index (χ3v) is 3.40. The van der Waals surface area contributed by atoms with Crippen LogP contribution in [0.4, 0.5) is 5.69 Å². The van der Waals surface area contributed by atoms with Crippen LogP contribution in [0.2, 0.25) is 0 Å². The largest absolute Gasteiger partial charge is 0.397 e. The molecule has 0 aliphatic heterocycles. The van der Waals surface area contributed by atoms with Crippen molar-refractivity contribution in [3.8, 4) is 0 Å².